The van der Waals surface area contributed by atoms with E-state index in [1.165, 1.54) is 23.1 Å². The van der Waals surface area contributed by atoms with Gasteiger partial charge in [-0.15, -0.1) is 0 Å². The summed E-state index contributed by atoms with van der Waals surface area (Å²) in [5.74, 6) is 1.98. The number of rotatable bonds is 3. The fraction of sp³-hybridized carbons (Fsp3) is 0.357. The summed E-state index contributed by atoms with van der Waals surface area (Å²) in [6.07, 6.45) is 1.25. The molecule has 56 heavy (non-hydrogen) atoms. The Morgan fingerprint density at radius 2 is 0.321 bits per heavy atom. The van der Waals surface area contributed by atoms with Gasteiger partial charge in [-0.25, -0.2) is 0 Å². The van der Waals surface area contributed by atoms with Crippen LogP contribution in [0.5, 0.6) is 0 Å². The molecular formula is C56H86. The summed E-state index contributed by atoms with van der Waals surface area (Å²) in [5, 5.41) is 0. The molecule has 0 aliphatic heterocycles. The van der Waals surface area contributed by atoms with Crippen LogP contribution < -0.4 is 0 Å². The number of benzene rings is 6. The van der Waals surface area contributed by atoms with Crippen LogP contribution in [0.15, 0.2) is 200 Å². The molecule has 0 unspecified atom stereocenters. The van der Waals surface area contributed by atoms with Gasteiger partial charge in [0.25, 0.3) is 0 Å². The van der Waals surface area contributed by atoms with Crippen molar-refractivity contribution >= 4 is 0 Å². The van der Waals surface area contributed by atoms with Gasteiger partial charge in [0.2, 0.25) is 0 Å². The quantitative estimate of drug-likeness (QED) is 0.169. The summed E-state index contributed by atoms with van der Waals surface area (Å²) >= 11 is 0. The van der Waals surface area contributed by atoms with Crippen LogP contribution in [0.4, 0.5) is 0 Å². The summed E-state index contributed by atoms with van der Waals surface area (Å²) in [5.41, 5.74) is 4.24. The number of hydrogen-bond acceptors (Lipinski definition) is 0. The molecule has 0 spiro atoms. The average molecular weight is 759 g/mol. The van der Waals surface area contributed by atoms with Crippen molar-refractivity contribution in [3.63, 3.8) is 0 Å². The largest absolute Gasteiger partial charge is 0.0683 e. The standard InChI is InChI=1S/3C9H12.3C6H6.C3H8.4C2H6/c3*1-8(2)9-6-4-3-5-7-9;3*1-2-4-6-5-3-1;1-3-2;4*1-2/h3*3-8H,1-2H3;3*1-6H;3H2,1-2H3;4*1-2H3. The highest BCUT2D eigenvalue weighted by molar-refractivity contribution is 5.19. The molecule has 0 saturated heterocycles. The van der Waals surface area contributed by atoms with E-state index in [0.717, 1.165) is 0 Å². The van der Waals surface area contributed by atoms with E-state index < -0.39 is 0 Å². The molecule has 0 radical (unpaired) electrons. The van der Waals surface area contributed by atoms with Crippen LogP contribution in [0.1, 0.15) is 152 Å². The summed E-state index contributed by atoms with van der Waals surface area (Å²) in [6, 6.07) is 67.6. The molecule has 0 nitrogen and oxygen atoms in total. The van der Waals surface area contributed by atoms with Gasteiger partial charge in [0.15, 0.2) is 0 Å². The molecule has 0 amide bonds. The van der Waals surface area contributed by atoms with E-state index in [1.54, 1.807) is 0 Å². The fourth-order valence-electron chi connectivity index (χ4n) is 3.67. The van der Waals surface area contributed by atoms with Crippen molar-refractivity contribution in [2.24, 2.45) is 0 Å². The van der Waals surface area contributed by atoms with Gasteiger partial charge in [-0.2, -0.15) is 0 Å². The minimum atomic E-state index is 0.659. The fourth-order valence-corrected chi connectivity index (χ4v) is 3.67. The minimum Gasteiger partial charge on any atom is -0.0683 e. The predicted octanol–water partition coefficient (Wildman–Crippen LogP) is 19.0. The second-order valence-corrected chi connectivity index (χ2v) is 11.9. The van der Waals surface area contributed by atoms with E-state index in [0.29, 0.717) is 17.8 Å². The third-order valence-electron chi connectivity index (χ3n) is 6.40. The molecular weight excluding hydrogens is 673 g/mol. The van der Waals surface area contributed by atoms with Gasteiger partial charge >= 0.3 is 0 Å². The number of hydrogen-bond donors (Lipinski definition) is 0. The van der Waals surface area contributed by atoms with Crippen LogP contribution in [-0.4, -0.2) is 0 Å². The van der Waals surface area contributed by atoms with Crippen LogP contribution in [0.2, 0.25) is 0 Å². The zero-order valence-corrected chi connectivity index (χ0v) is 39.0. The smallest absolute Gasteiger partial charge is 0.0219 e. The molecule has 6 rings (SSSR count). The third kappa shape index (κ3) is 47.3. The van der Waals surface area contributed by atoms with Crippen LogP contribution in [0.3, 0.4) is 0 Å². The first-order valence-electron chi connectivity index (χ1n) is 21.5. The molecule has 0 heteroatoms. The Morgan fingerprint density at radius 3 is 0.393 bits per heavy atom. The van der Waals surface area contributed by atoms with Crippen LogP contribution in [0.25, 0.3) is 0 Å². The zero-order valence-electron chi connectivity index (χ0n) is 39.0. The van der Waals surface area contributed by atoms with E-state index in [2.05, 4.69) is 128 Å². The van der Waals surface area contributed by atoms with Gasteiger partial charge in [-0.05, 0) is 34.4 Å². The maximum Gasteiger partial charge on any atom is -0.0219 e. The summed E-state index contributed by atoms with van der Waals surface area (Å²) in [6.45, 7) is 33.5. The Hall–Kier alpha value is -4.68. The van der Waals surface area contributed by atoms with Crippen molar-refractivity contribution in [3.8, 4) is 0 Å². The minimum absolute atomic E-state index is 0.659. The molecule has 310 valence electrons. The molecule has 0 aliphatic carbocycles. The van der Waals surface area contributed by atoms with Crippen molar-refractivity contribution < 1.29 is 0 Å². The monoisotopic (exact) mass is 759 g/mol. The molecule has 0 aromatic heterocycles. The molecule has 0 bridgehead atoms. The highest BCUT2D eigenvalue weighted by atomic mass is 14.0. The second-order valence-electron chi connectivity index (χ2n) is 11.9. The Balaban J connectivity index is -0.000000178. The molecule has 0 fully saturated rings. The molecule has 0 heterocycles. The van der Waals surface area contributed by atoms with E-state index in [-0.39, 0.29) is 0 Å². The van der Waals surface area contributed by atoms with E-state index in [4.69, 9.17) is 0 Å². The van der Waals surface area contributed by atoms with Crippen LogP contribution >= 0.6 is 0 Å². The molecule has 0 N–H and O–H groups in total. The van der Waals surface area contributed by atoms with Crippen LogP contribution in [0, 0.1) is 0 Å². The SMILES string of the molecule is CC.CC.CC.CC.CC(C)c1ccccc1.CC(C)c1ccccc1.CC(C)c1ccccc1.CCC.c1ccccc1.c1ccccc1.c1ccccc1. The molecule has 0 atom stereocenters. The second kappa shape index (κ2) is 54.7. The maximum atomic E-state index is 2.20. The molecule has 6 aromatic carbocycles. The van der Waals surface area contributed by atoms with Crippen molar-refractivity contribution in [2.75, 3.05) is 0 Å². The Labute approximate surface area is 350 Å². The van der Waals surface area contributed by atoms with Crippen molar-refractivity contribution in [1.82, 2.24) is 0 Å². The lowest BCUT2D eigenvalue weighted by atomic mass is 10.0. The predicted molar refractivity (Wildman–Crippen MR) is 262 cm³/mol. The zero-order chi connectivity index (χ0) is 43.5. The van der Waals surface area contributed by atoms with Crippen molar-refractivity contribution in [1.29, 1.82) is 0 Å². The van der Waals surface area contributed by atoms with Gasteiger partial charge in [-0.1, -0.05) is 317 Å². The van der Waals surface area contributed by atoms with Gasteiger partial charge < -0.3 is 0 Å². The topological polar surface area (TPSA) is 0 Å². The van der Waals surface area contributed by atoms with E-state index in [1.807, 2.05) is 183 Å². The van der Waals surface area contributed by atoms with E-state index in [9.17, 15) is 0 Å². The van der Waals surface area contributed by atoms with Gasteiger partial charge in [0, 0.05) is 0 Å². The summed E-state index contributed by atoms with van der Waals surface area (Å²) in [4.78, 5) is 0. The first-order valence-corrected chi connectivity index (χ1v) is 21.5. The Bertz CT molecular complexity index is 1120. The van der Waals surface area contributed by atoms with Gasteiger partial charge in [0.1, 0.15) is 0 Å². The summed E-state index contributed by atoms with van der Waals surface area (Å²) in [7, 11) is 0. The maximum absolute atomic E-state index is 2.20. The first kappa shape index (κ1) is 60.6. The Morgan fingerprint density at radius 1 is 0.232 bits per heavy atom. The van der Waals surface area contributed by atoms with Gasteiger partial charge in [0.05, 0.1) is 0 Å². The van der Waals surface area contributed by atoms with Crippen molar-refractivity contribution in [3.05, 3.63) is 217 Å². The first-order chi connectivity index (χ1) is 27.3. The average Bonchev–Trinajstić information content (AvgIpc) is 3.30. The molecule has 6 aromatic rings. The lowest BCUT2D eigenvalue weighted by molar-refractivity contribution is 0.867. The molecule has 0 aliphatic rings. The van der Waals surface area contributed by atoms with E-state index >= 15 is 0 Å². The summed E-state index contributed by atoms with van der Waals surface area (Å²) < 4.78 is 0. The normalized spacial score (nSPS) is 8.20. The van der Waals surface area contributed by atoms with Crippen molar-refractivity contribution in [2.45, 2.75) is 135 Å². The Kier molecular flexibility index (Phi) is 59.1. The lowest BCUT2D eigenvalue weighted by Gasteiger charge is -2.01. The molecule has 0 saturated carbocycles. The highest BCUT2D eigenvalue weighted by Crippen LogP contribution is 2.13. The van der Waals surface area contributed by atoms with Crippen LogP contribution in [-0.2, 0) is 0 Å². The highest BCUT2D eigenvalue weighted by Gasteiger charge is 1.95. The lowest BCUT2D eigenvalue weighted by Crippen LogP contribution is -1.83. The van der Waals surface area contributed by atoms with Gasteiger partial charge in [-0.3, -0.25) is 0 Å². The third-order valence-corrected chi connectivity index (χ3v) is 6.40.